The highest BCUT2D eigenvalue weighted by molar-refractivity contribution is 7.86. The third-order valence-electron chi connectivity index (χ3n) is 2.65. The smallest absolute Gasteiger partial charge is 0.175 e. The second kappa shape index (κ2) is 7.12. The summed E-state index contributed by atoms with van der Waals surface area (Å²) in [6.07, 6.45) is 0. The second-order valence-corrected chi connectivity index (χ2v) is 7.11. The van der Waals surface area contributed by atoms with Gasteiger partial charge in [-0.1, -0.05) is 52.5 Å². The molecule has 110 valence electrons. The van der Waals surface area contributed by atoms with Gasteiger partial charge in [0.05, 0.1) is 41.5 Å². The first-order valence-electron chi connectivity index (χ1n) is 5.71. The average Bonchev–Trinajstić information content (AvgIpc) is 2.41. The van der Waals surface area contributed by atoms with Crippen LogP contribution in [0.15, 0.2) is 41.3 Å². The molecule has 0 aromatic heterocycles. The summed E-state index contributed by atoms with van der Waals surface area (Å²) in [6, 6.07) is 9.28. The van der Waals surface area contributed by atoms with Gasteiger partial charge in [0.25, 0.3) is 0 Å². The molecule has 0 heterocycles. The maximum atomic E-state index is 12.3. The zero-order valence-electron chi connectivity index (χ0n) is 10.4. The molecule has 0 amide bonds. The van der Waals surface area contributed by atoms with Gasteiger partial charge in [0.1, 0.15) is 0 Å². The normalized spacial score (nSPS) is 12.2. The minimum Gasteiger partial charge on any atom is -0.293 e. The Labute approximate surface area is 144 Å². The van der Waals surface area contributed by atoms with Crippen LogP contribution in [0.1, 0.15) is 10.4 Å². The first-order valence-corrected chi connectivity index (χ1v) is 8.54. The van der Waals surface area contributed by atoms with Crippen molar-refractivity contribution < 1.29 is 9.00 Å². The number of hydrogen-bond donors (Lipinski definition) is 0. The summed E-state index contributed by atoms with van der Waals surface area (Å²) in [5, 5.41) is 1.15. The molecule has 1 atom stereocenters. The topological polar surface area (TPSA) is 34.1 Å². The molecule has 21 heavy (non-hydrogen) atoms. The predicted octanol–water partition coefficient (Wildman–Crippen LogP) is 5.29. The highest BCUT2D eigenvalue weighted by Gasteiger charge is 2.18. The first-order chi connectivity index (χ1) is 9.90. The van der Waals surface area contributed by atoms with Crippen LogP contribution in [0.25, 0.3) is 0 Å². The molecule has 2 nitrogen and oxygen atoms in total. The Bertz CT molecular complexity index is 711. The number of ketones is 1. The maximum absolute atomic E-state index is 12.3. The third kappa shape index (κ3) is 3.99. The van der Waals surface area contributed by atoms with Crippen molar-refractivity contribution in [2.24, 2.45) is 0 Å². The Morgan fingerprint density at radius 2 is 1.52 bits per heavy atom. The minimum absolute atomic E-state index is 0.235. The molecule has 1 unspecified atom stereocenters. The maximum Gasteiger partial charge on any atom is 0.175 e. The van der Waals surface area contributed by atoms with E-state index < -0.39 is 10.8 Å². The summed E-state index contributed by atoms with van der Waals surface area (Å²) >= 11 is 23.6. The molecule has 0 saturated carbocycles. The summed E-state index contributed by atoms with van der Waals surface area (Å²) in [6.45, 7) is 0. The van der Waals surface area contributed by atoms with E-state index in [1.54, 1.807) is 18.2 Å². The lowest BCUT2D eigenvalue weighted by Gasteiger charge is -2.07. The first kappa shape index (κ1) is 16.8. The van der Waals surface area contributed by atoms with Crippen LogP contribution in [0.4, 0.5) is 0 Å². The van der Waals surface area contributed by atoms with Gasteiger partial charge in [0.2, 0.25) is 0 Å². The highest BCUT2D eigenvalue weighted by atomic mass is 35.5. The van der Waals surface area contributed by atoms with Crippen LogP contribution in [0.3, 0.4) is 0 Å². The van der Waals surface area contributed by atoms with Crippen LogP contribution in [0.5, 0.6) is 0 Å². The van der Waals surface area contributed by atoms with E-state index in [0.29, 0.717) is 10.6 Å². The van der Waals surface area contributed by atoms with Crippen molar-refractivity contribution in [1.82, 2.24) is 0 Å². The quantitative estimate of drug-likeness (QED) is 0.674. The number of Topliss-reactive ketones (excluding diaryl/α,β-unsaturated/α-hetero) is 1. The number of benzene rings is 2. The van der Waals surface area contributed by atoms with Crippen molar-refractivity contribution in [3.8, 4) is 0 Å². The molecule has 0 N–H and O–H groups in total. The van der Waals surface area contributed by atoms with Gasteiger partial charge in [0, 0.05) is 5.56 Å². The van der Waals surface area contributed by atoms with Crippen LogP contribution >= 0.6 is 46.4 Å². The number of rotatable bonds is 4. The number of carbonyl (C=O) groups excluding carboxylic acids is 1. The van der Waals surface area contributed by atoms with Crippen LogP contribution in [0.2, 0.25) is 20.1 Å². The Morgan fingerprint density at radius 1 is 0.905 bits per heavy atom. The lowest BCUT2D eigenvalue weighted by Crippen LogP contribution is -2.11. The molecule has 0 aliphatic heterocycles. The summed E-state index contributed by atoms with van der Waals surface area (Å²) < 4.78 is 12.3. The van der Waals surface area contributed by atoms with E-state index in [0.717, 1.165) is 0 Å². The van der Waals surface area contributed by atoms with Crippen LogP contribution in [0, 0.1) is 0 Å². The van der Waals surface area contributed by atoms with Crippen molar-refractivity contribution in [2.75, 3.05) is 5.75 Å². The van der Waals surface area contributed by atoms with E-state index in [-0.39, 0.29) is 31.5 Å². The van der Waals surface area contributed by atoms with Gasteiger partial charge in [-0.05, 0) is 30.3 Å². The minimum atomic E-state index is -1.64. The Kier molecular flexibility index (Phi) is 5.69. The summed E-state index contributed by atoms with van der Waals surface area (Å²) in [5.74, 6) is -0.565. The van der Waals surface area contributed by atoms with E-state index in [4.69, 9.17) is 46.4 Å². The number of hydrogen-bond acceptors (Lipinski definition) is 2. The van der Waals surface area contributed by atoms with Crippen molar-refractivity contribution >= 4 is 63.0 Å². The Hall–Kier alpha value is -0.580. The molecule has 0 bridgehead atoms. The molecule has 0 aliphatic rings. The van der Waals surface area contributed by atoms with Gasteiger partial charge in [-0.3, -0.25) is 9.00 Å². The van der Waals surface area contributed by atoms with Crippen molar-refractivity contribution in [2.45, 2.75) is 4.90 Å². The Morgan fingerprint density at radius 3 is 2.10 bits per heavy atom. The molecule has 0 saturated heterocycles. The SMILES string of the molecule is O=C(CS(=O)c1c(Cl)cccc1Cl)c1ccc(Cl)c(Cl)c1. The fourth-order valence-corrected chi connectivity index (χ4v) is 3.98. The van der Waals surface area contributed by atoms with Gasteiger partial charge < -0.3 is 0 Å². The summed E-state index contributed by atoms with van der Waals surface area (Å²) in [7, 11) is -1.64. The van der Waals surface area contributed by atoms with Gasteiger partial charge >= 0.3 is 0 Å². The summed E-state index contributed by atoms with van der Waals surface area (Å²) in [4.78, 5) is 12.4. The zero-order chi connectivity index (χ0) is 15.6. The average molecular weight is 382 g/mol. The summed E-state index contributed by atoms with van der Waals surface area (Å²) in [5.41, 5.74) is 0.334. The molecule has 2 aromatic rings. The van der Waals surface area contributed by atoms with E-state index in [2.05, 4.69) is 0 Å². The second-order valence-electron chi connectivity index (χ2n) is 4.09. The van der Waals surface area contributed by atoms with Crippen molar-refractivity contribution in [3.05, 3.63) is 62.1 Å². The van der Waals surface area contributed by atoms with Crippen molar-refractivity contribution in [1.29, 1.82) is 0 Å². The zero-order valence-corrected chi connectivity index (χ0v) is 14.2. The van der Waals surface area contributed by atoms with E-state index >= 15 is 0 Å². The molecule has 0 radical (unpaired) electrons. The fraction of sp³-hybridized carbons (Fsp3) is 0.0714. The highest BCUT2D eigenvalue weighted by Crippen LogP contribution is 2.28. The standard InChI is InChI=1S/C14H8Cl4O2S/c15-9-5-4-8(6-12(9)18)13(19)7-21(20)14-10(16)2-1-3-11(14)17/h1-6H,7H2. The number of carbonyl (C=O) groups is 1. The lowest BCUT2D eigenvalue weighted by molar-refractivity contribution is 0.102. The molecular weight excluding hydrogens is 374 g/mol. The van der Waals surface area contributed by atoms with Crippen LogP contribution in [-0.4, -0.2) is 15.7 Å². The third-order valence-corrected chi connectivity index (χ3v) is 5.66. The van der Waals surface area contributed by atoms with Crippen LogP contribution < -0.4 is 0 Å². The van der Waals surface area contributed by atoms with Gasteiger partial charge in [-0.15, -0.1) is 0 Å². The lowest BCUT2D eigenvalue weighted by atomic mass is 10.1. The fourth-order valence-electron chi connectivity index (χ4n) is 1.64. The molecule has 2 rings (SSSR count). The monoisotopic (exact) mass is 380 g/mol. The van der Waals surface area contributed by atoms with Gasteiger partial charge in [0.15, 0.2) is 5.78 Å². The largest absolute Gasteiger partial charge is 0.293 e. The molecule has 2 aromatic carbocycles. The van der Waals surface area contributed by atoms with Crippen LogP contribution in [-0.2, 0) is 10.8 Å². The number of halogens is 4. The van der Waals surface area contributed by atoms with Gasteiger partial charge in [-0.2, -0.15) is 0 Å². The van der Waals surface area contributed by atoms with E-state index in [9.17, 15) is 9.00 Å². The molecule has 0 spiro atoms. The molecule has 0 aliphatic carbocycles. The predicted molar refractivity (Wildman–Crippen MR) is 88.5 cm³/mol. The Balaban J connectivity index is 2.23. The molecule has 7 heteroatoms. The van der Waals surface area contributed by atoms with E-state index in [1.807, 2.05) is 0 Å². The molecular formula is C14H8Cl4O2S. The molecule has 0 fully saturated rings. The van der Waals surface area contributed by atoms with E-state index in [1.165, 1.54) is 18.2 Å². The van der Waals surface area contributed by atoms with Crippen molar-refractivity contribution in [3.63, 3.8) is 0 Å². The van der Waals surface area contributed by atoms with Gasteiger partial charge in [-0.25, -0.2) is 0 Å².